The van der Waals surface area contributed by atoms with E-state index in [1.165, 1.54) is 27.1 Å². The Balaban J connectivity index is 2.28. The summed E-state index contributed by atoms with van der Waals surface area (Å²) >= 11 is 8.06. The third kappa shape index (κ3) is 4.33. The molecule has 5 heteroatoms. The van der Waals surface area contributed by atoms with Gasteiger partial charge in [0.15, 0.2) is 0 Å². The summed E-state index contributed by atoms with van der Waals surface area (Å²) in [5.74, 6) is 2.04. The number of thiophene rings is 1. The van der Waals surface area contributed by atoms with Crippen molar-refractivity contribution in [1.82, 2.24) is 9.97 Å². The maximum atomic E-state index is 6.35. The van der Waals surface area contributed by atoms with Crippen molar-refractivity contribution < 1.29 is 0 Å². The molecule has 0 aliphatic rings. The molecule has 0 amide bonds. The van der Waals surface area contributed by atoms with E-state index in [9.17, 15) is 0 Å². The van der Waals surface area contributed by atoms with Gasteiger partial charge in [0.1, 0.15) is 10.6 Å². The molecule has 0 bridgehead atoms. The number of aryl methyl sites for hydroxylation is 3. The molecule has 3 aromatic rings. The lowest BCUT2D eigenvalue weighted by atomic mass is 9.98. The monoisotopic (exact) mass is 415 g/mol. The van der Waals surface area contributed by atoms with Crippen LogP contribution in [0.5, 0.6) is 0 Å². The fraction of sp³-hybridized carbons (Fsp3) is 0.478. The van der Waals surface area contributed by atoms with Crippen molar-refractivity contribution in [3.8, 4) is 11.1 Å². The van der Waals surface area contributed by atoms with Crippen molar-refractivity contribution in [3.05, 3.63) is 39.5 Å². The van der Waals surface area contributed by atoms with Crippen LogP contribution in [0.4, 0.5) is 5.82 Å². The van der Waals surface area contributed by atoms with E-state index in [1.807, 2.05) is 0 Å². The molecule has 2 aromatic heterocycles. The van der Waals surface area contributed by atoms with Gasteiger partial charge in [-0.1, -0.05) is 45.9 Å². The lowest BCUT2D eigenvalue weighted by Crippen LogP contribution is -2.32. The zero-order valence-corrected chi connectivity index (χ0v) is 19.5. The maximum Gasteiger partial charge on any atom is 0.225 e. The van der Waals surface area contributed by atoms with Gasteiger partial charge >= 0.3 is 0 Å². The second-order valence-electron chi connectivity index (χ2n) is 8.52. The minimum absolute atomic E-state index is 0.327. The van der Waals surface area contributed by atoms with Gasteiger partial charge in [0.25, 0.3) is 0 Å². The highest BCUT2D eigenvalue weighted by Crippen LogP contribution is 2.43. The second kappa shape index (κ2) is 8.38. The Morgan fingerprint density at radius 1 is 0.964 bits per heavy atom. The van der Waals surface area contributed by atoms with Gasteiger partial charge in [-0.2, -0.15) is 4.98 Å². The number of halogens is 1. The molecule has 1 aromatic carbocycles. The van der Waals surface area contributed by atoms with E-state index >= 15 is 0 Å². The van der Waals surface area contributed by atoms with Gasteiger partial charge in [-0.15, -0.1) is 11.3 Å². The molecule has 0 atom stereocenters. The van der Waals surface area contributed by atoms with Crippen LogP contribution in [0.3, 0.4) is 0 Å². The van der Waals surface area contributed by atoms with Crippen LogP contribution in [0.1, 0.15) is 43.7 Å². The summed E-state index contributed by atoms with van der Waals surface area (Å²) in [6.45, 7) is 17.4. The molecular weight excluding hydrogens is 386 g/mol. The van der Waals surface area contributed by atoms with Crippen LogP contribution < -0.4 is 4.90 Å². The van der Waals surface area contributed by atoms with Crippen LogP contribution in [0.15, 0.2) is 18.2 Å². The molecule has 0 saturated heterocycles. The van der Waals surface area contributed by atoms with Gasteiger partial charge in [0.2, 0.25) is 5.28 Å². The van der Waals surface area contributed by atoms with E-state index in [-0.39, 0.29) is 0 Å². The molecule has 0 N–H and O–H groups in total. The number of benzene rings is 1. The minimum Gasteiger partial charge on any atom is -0.355 e. The predicted octanol–water partition coefficient (Wildman–Crippen LogP) is 7.06. The number of hydrogen-bond donors (Lipinski definition) is 0. The van der Waals surface area contributed by atoms with Crippen LogP contribution in [-0.4, -0.2) is 23.1 Å². The highest BCUT2D eigenvalue weighted by molar-refractivity contribution is 7.19. The summed E-state index contributed by atoms with van der Waals surface area (Å²) in [6.07, 6.45) is 0. The molecule has 0 fully saturated rings. The average Bonchev–Trinajstić information content (AvgIpc) is 2.90. The van der Waals surface area contributed by atoms with Gasteiger partial charge < -0.3 is 4.90 Å². The van der Waals surface area contributed by atoms with Crippen LogP contribution in [-0.2, 0) is 0 Å². The predicted molar refractivity (Wildman–Crippen MR) is 124 cm³/mol. The largest absolute Gasteiger partial charge is 0.355 e. The summed E-state index contributed by atoms with van der Waals surface area (Å²) in [6, 6.07) is 6.69. The van der Waals surface area contributed by atoms with Crippen LogP contribution >= 0.6 is 22.9 Å². The van der Waals surface area contributed by atoms with Crippen molar-refractivity contribution in [3.63, 3.8) is 0 Å². The number of anilines is 1. The van der Waals surface area contributed by atoms with Gasteiger partial charge in [-0.25, -0.2) is 4.98 Å². The van der Waals surface area contributed by atoms with E-state index in [2.05, 4.69) is 76.5 Å². The molecule has 0 radical (unpaired) electrons. The SMILES string of the molecule is Cc1ccc(-c2c(C)sc3nc(Cl)nc(N(CC(C)C)CC(C)C)c23)cc1C. The van der Waals surface area contributed by atoms with Crippen LogP contribution in [0.2, 0.25) is 5.28 Å². The Kier molecular flexibility index (Phi) is 6.31. The molecule has 2 heterocycles. The Bertz CT molecular complexity index is 981. The van der Waals surface area contributed by atoms with Crippen LogP contribution in [0, 0.1) is 32.6 Å². The molecule has 3 rings (SSSR count). The first-order valence-corrected chi connectivity index (χ1v) is 11.2. The number of rotatable bonds is 6. The maximum absolute atomic E-state index is 6.35. The number of fused-ring (bicyclic) bond motifs is 1. The molecular formula is C23H30ClN3S. The van der Waals surface area contributed by atoms with Gasteiger partial charge in [-0.3, -0.25) is 0 Å². The normalized spacial score (nSPS) is 11.8. The first kappa shape index (κ1) is 21.1. The summed E-state index contributed by atoms with van der Waals surface area (Å²) < 4.78 is 0. The lowest BCUT2D eigenvalue weighted by molar-refractivity contribution is 0.550. The smallest absolute Gasteiger partial charge is 0.225 e. The topological polar surface area (TPSA) is 29.0 Å². The van der Waals surface area contributed by atoms with Crippen molar-refractivity contribution in [2.45, 2.75) is 48.5 Å². The van der Waals surface area contributed by atoms with E-state index in [1.54, 1.807) is 11.3 Å². The Morgan fingerprint density at radius 3 is 2.18 bits per heavy atom. The quantitative estimate of drug-likeness (QED) is 0.403. The Morgan fingerprint density at radius 2 is 1.61 bits per heavy atom. The van der Waals surface area contributed by atoms with E-state index in [0.717, 1.165) is 29.1 Å². The third-order valence-electron chi connectivity index (χ3n) is 4.95. The molecule has 0 saturated carbocycles. The zero-order chi connectivity index (χ0) is 20.6. The Hall–Kier alpha value is -1.65. The van der Waals surface area contributed by atoms with Crippen molar-refractivity contribution in [1.29, 1.82) is 0 Å². The molecule has 0 spiro atoms. The fourth-order valence-corrected chi connectivity index (χ4v) is 4.92. The number of aromatic nitrogens is 2. The van der Waals surface area contributed by atoms with Gasteiger partial charge in [0, 0.05) is 23.5 Å². The molecule has 150 valence electrons. The van der Waals surface area contributed by atoms with Gasteiger partial charge in [-0.05, 0) is 60.9 Å². The van der Waals surface area contributed by atoms with E-state index in [4.69, 9.17) is 16.6 Å². The zero-order valence-electron chi connectivity index (χ0n) is 17.9. The highest BCUT2D eigenvalue weighted by atomic mass is 35.5. The summed E-state index contributed by atoms with van der Waals surface area (Å²) in [5.41, 5.74) is 5.08. The van der Waals surface area contributed by atoms with E-state index in [0.29, 0.717) is 17.1 Å². The average molecular weight is 416 g/mol. The number of nitrogens with zero attached hydrogens (tertiary/aromatic N) is 3. The standard InChI is InChI=1S/C23H30ClN3S/c1-13(2)11-27(12-14(3)4)21-20-19(18-9-8-15(5)16(6)10-18)17(7)28-22(20)26-23(24)25-21/h8-10,13-14H,11-12H2,1-7H3. The first-order chi connectivity index (χ1) is 13.2. The third-order valence-corrected chi connectivity index (χ3v) is 6.12. The van der Waals surface area contributed by atoms with E-state index < -0.39 is 0 Å². The minimum atomic E-state index is 0.327. The fourth-order valence-electron chi connectivity index (χ4n) is 3.67. The summed E-state index contributed by atoms with van der Waals surface area (Å²) in [5, 5.41) is 1.46. The molecule has 28 heavy (non-hydrogen) atoms. The van der Waals surface area contributed by atoms with Crippen molar-refractivity contribution in [2.24, 2.45) is 11.8 Å². The second-order valence-corrected chi connectivity index (χ2v) is 10.1. The molecule has 0 aliphatic carbocycles. The molecule has 0 aliphatic heterocycles. The van der Waals surface area contributed by atoms with Crippen molar-refractivity contribution >= 4 is 39.0 Å². The van der Waals surface area contributed by atoms with Gasteiger partial charge in [0.05, 0.1) is 5.39 Å². The summed E-state index contributed by atoms with van der Waals surface area (Å²) in [4.78, 5) is 13.9. The first-order valence-electron chi connectivity index (χ1n) is 9.96. The number of hydrogen-bond acceptors (Lipinski definition) is 4. The summed E-state index contributed by atoms with van der Waals surface area (Å²) in [7, 11) is 0. The molecule has 3 nitrogen and oxygen atoms in total. The van der Waals surface area contributed by atoms with Crippen molar-refractivity contribution in [2.75, 3.05) is 18.0 Å². The Labute approximate surface area is 177 Å². The lowest BCUT2D eigenvalue weighted by Gasteiger charge is -2.28. The highest BCUT2D eigenvalue weighted by Gasteiger charge is 2.23. The van der Waals surface area contributed by atoms with Crippen LogP contribution in [0.25, 0.3) is 21.3 Å². The molecule has 0 unspecified atom stereocenters.